The van der Waals surface area contributed by atoms with Crippen molar-refractivity contribution in [2.75, 3.05) is 43.4 Å². The number of hydrogen-bond donors (Lipinski definition) is 1. The molecule has 0 spiro atoms. The molecule has 2 N–H and O–H groups in total. The number of amides is 1. The Kier molecular flexibility index (Phi) is 5.40. The molecule has 1 saturated heterocycles. The second-order valence-electron chi connectivity index (χ2n) is 6.00. The fourth-order valence-electron chi connectivity index (χ4n) is 2.74. The van der Waals surface area contributed by atoms with Crippen LogP contribution < -0.4 is 15.4 Å². The van der Waals surface area contributed by atoms with Crippen molar-refractivity contribution in [1.29, 1.82) is 0 Å². The van der Waals surface area contributed by atoms with Crippen LogP contribution in [0.2, 0.25) is 0 Å². The minimum Gasteiger partial charge on any atom is -0.450 e. The van der Waals surface area contributed by atoms with E-state index in [4.69, 9.17) is 15.2 Å². The molecule has 3 rings (SSSR count). The van der Waals surface area contributed by atoms with E-state index in [9.17, 15) is 4.79 Å². The quantitative estimate of drug-likeness (QED) is 0.898. The number of nitrogens with zero attached hydrogens (tertiary/aromatic N) is 4. The first-order chi connectivity index (χ1) is 12.6. The lowest BCUT2D eigenvalue weighted by atomic mass is 10.2. The largest absolute Gasteiger partial charge is 0.450 e. The first-order valence-corrected chi connectivity index (χ1v) is 8.60. The number of rotatable bonds is 4. The standard InChI is InChI=1S/C18H23N5O3/c1-3-25-18(24)23-10-8-22(9-11-23)16-15(19)17(21-12-20-16)26-14-6-4-13(2)5-7-14/h4-7,12H,3,8-11,19H2,1-2H3. The van der Waals surface area contributed by atoms with Gasteiger partial charge in [0.1, 0.15) is 17.8 Å². The number of carbonyl (C=O) groups excluding carboxylic acids is 1. The van der Waals surface area contributed by atoms with Crippen molar-refractivity contribution in [2.45, 2.75) is 13.8 Å². The summed E-state index contributed by atoms with van der Waals surface area (Å²) in [4.78, 5) is 24.0. The van der Waals surface area contributed by atoms with Crippen LogP contribution in [0.25, 0.3) is 0 Å². The summed E-state index contributed by atoms with van der Waals surface area (Å²) >= 11 is 0. The van der Waals surface area contributed by atoms with E-state index in [-0.39, 0.29) is 6.09 Å². The summed E-state index contributed by atoms with van der Waals surface area (Å²) in [6.07, 6.45) is 1.15. The van der Waals surface area contributed by atoms with Crippen molar-refractivity contribution in [3.05, 3.63) is 36.2 Å². The van der Waals surface area contributed by atoms with Crippen molar-refractivity contribution in [1.82, 2.24) is 14.9 Å². The van der Waals surface area contributed by atoms with Crippen molar-refractivity contribution < 1.29 is 14.3 Å². The average molecular weight is 357 g/mol. The molecule has 2 aromatic rings. The van der Waals surface area contributed by atoms with Crippen LogP contribution in [0.4, 0.5) is 16.3 Å². The molecule has 138 valence electrons. The second kappa shape index (κ2) is 7.90. The Hall–Kier alpha value is -3.03. The molecule has 0 bridgehead atoms. The van der Waals surface area contributed by atoms with Crippen LogP contribution in [0, 0.1) is 6.92 Å². The number of anilines is 2. The van der Waals surface area contributed by atoms with Gasteiger partial charge in [-0.25, -0.2) is 9.78 Å². The highest BCUT2D eigenvalue weighted by Crippen LogP contribution is 2.31. The van der Waals surface area contributed by atoms with Gasteiger partial charge in [0.05, 0.1) is 6.61 Å². The summed E-state index contributed by atoms with van der Waals surface area (Å²) in [5.74, 6) is 1.61. The maximum absolute atomic E-state index is 11.8. The molecule has 1 amide bonds. The lowest BCUT2D eigenvalue weighted by Crippen LogP contribution is -2.49. The van der Waals surface area contributed by atoms with Crippen molar-refractivity contribution in [2.24, 2.45) is 0 Å². The normalized spacial score (nSPS) is 14.2. The number of hydrogen-bond acceptors (Lipinski definition) is 7. The zero-order valence-electron chi connectivity index (χ0n) is 15.0. The van der Waals surface area contributed by atoms with E-state index in [1.54, 1.807) is 11.8 Å². The van der Waals surface area contributed by atoms with Gasteiger partial charge in [0.25, 0.3) is 0 Å². The number of nitrogens with two attached hydrogens (primary N) is 1. The van der Waals surface area contributed by atoms with Crippen LogP contribution in [-0.4, -0.2) is 53.7 Å². The van der Waals surface area contributed by atoms with Crippen LogP contribution in [0.15, 0.2) is 30.6 Å². The van der Waals surface area contributed by atoms with Gasteiger partial charge in [-0.15, -0.1) is 0 Å². The van der Waals surface area contributed by atoms with E-state index in [0.29, 0.717) is 55.9 Å². The number of nitrogen functional groups attached to an aromatic ring is 1. The summed E-state index contributed by atoms with van der Waals surface area (Å²) in [6.45, 7) is 6.51. The molecular weight excluding hydrogens is 334 g/mol. The zero-order valence-corrected chi connectivity index (χ0v) is 15.0. The number of piperazine rings is 1. The molecule has 0 saturated carbocycles. The molecule has 0 atom stereocenters. The highest BCUT2D eigenvalue weighted by molar-refractivity contribution is 5.70. The Morgan fingerprint density at radius 3 is 2.50 bits per heavy atom. The average Bonchev–Trinajstić information content (AvgIpc) is 2.66. The molecule has 1 aliphatic heterocycles. The van der Waals surface area contributed by atoms with Crippen LogP contribution in [0.1, 0.15) is 12.5 Å². The smallest absolute Gasteiger partial charge is 0.409 e. The topological polar surface area (TPSA) is 93.8 Å². The lowest BCUT2D eigenvalue weighted by Gasteiger charge is -2.35. The molecule has 1 fully saturated rings. The highest BCUT2D eigenvalue weighted by atomic mass is 16.6. The summed E-state index contributed by atoms with van der Waals surface area (Å²) in [5.41, 5.74) is 7.77. The van der Waals surface area contributed by atoms with E-state index in [2.05, 4.69) is 9.97 Å². The maximum Gasteiger partial charge on any atom is 0.409 e. The fourth-order valence-corrected chi connectivity index (χ4v) is 2.74. The number of ether oxygens (including phenoxy) is 2. The molecule has 0 aliphatic carbocycles. The molecule has 0 radical (unpaired) electrons. The molecule has 2 heterocycles. The first-order valence-electron chi connectivity index (χ1n) is 8.60. The van der Waals surface area contributed by atoms with Gasteiger partial charge in [-0.05, 0) is 26.0 Å². The van der Waals surface area contributed by atoms with E-state index in [1.165, 1.54) is 6.33 Å². The summed E-state index contributed by atoms with van der Waals surface area (Å²) < 4.78 is 10.8. The number of aryl methyl sites for hydroxylation is 1. The monoisotopic (exact) mass is 357 g/mol. The minimum atomic E-state index is -0.286. The fraction of sp³-hybridized carbons (Fsp3) is 0.389. The SMILES string of the molecule is CCOC(=O)N1CCN(c2ncnc(Oc3ccc(C)cc3)c2N)CC1. The van der Waals surface area contributed by atoms with E-state index in [1.807, 2.05) is 36.1 Å². The van der Waals surface area contributed by atoms with Crippen LogP contribution in [0.5, 0.6) is 11.6 Å². The van der Waals surface area contributed by atoms with Gasteiger partial charge in [0, 0.05) is 26.2 Å². The van der Waals surface area contributed by atoms with Gasteiger partial charge in [-0.1, -0.05) is 17.7 Å². The Labute approximate surface area is 152 Å². The third-order valence-electron chi connectivity index (χ3n) is 4.17. The van der Waals surface area contributed by atoms with E-state index in [0.717, 1.165) is 5.56 Å². The third-order valence-corrected chi connectivity index (χ3v) is 4.17. The first kappa shape index (κ1) is 17.8. The molecule has 8 heteroatoms. The lowest BCUT2D eigenvalue weighted by molar-refractivity contribution is 0.105. The van der Waals surface area contributed by atoms with Crippen molar-refractivity contribution in [3.63, 3.8) is 0 Å². The number of carbonyl (C=O) groups is 1. The van der Waals surface area contributed by atoms with Crippen LogP contribution in [0.3, 0.4) is 0 Å². The Balaban J connectivity index is 1.70. The predicted octanol–water partition coefficient (Wildman–Crippen LogP) is 2.44. The highest BCUT2D eigenvalue weighted by Gasteiger charge is 2.25. The van der Waals surface area contributed by atoms with Crippen LogP contribution >= 0.6 is 0 Å². The van der Waals surface area contributed by atoms with Crippen molar-refractivity contribution in [3.8, 4) is 11.6 Å². The summed E-state index contributed by atoms with van der Waals surface area (Å²) in [6, 6.07) is 7.66. The van der Waals surface area contributed by atoms with Gasteiger partial charge < -0.3 is 25.0 Å². The molecule has 1 aromatic heterocycles. The van der Waals surface area contributed by atoms with Gasteiger partial charge in [0.2, 0.25) is 5.88 Å². The van der Waals surface area contributed by atoms with Gasteiger partial charge >= 0.3 is 6.09 Å². The van der Waals surface area contributed by atoms with Crippen molar-refractivity contribution >= 4 is 17.6 Å². The number of benzene rings is 1. The van der Waals surface area contributed by atoms with E-state index < -0.39 is 0 Å². The number of aromatic nitrogens is 2. The Morgan fingerprint density at radius 1 is 1.15 bits per heavy atom. The second-order valence-corrected chi connectivity index (χ2v) is 6.00. The van der Waals surface area contributed by atoms with Crippen LogP contribution in [-0.2, 0) is 4.74 Å². The zero-order chi connectivity index (χ0) is 18.5. The molecule has 1 aliphatic rings. The molecule has 0 unspecified atom stereocenters. The summed E-state index contributed by atoms with van der Waals surface area (Å²) in [5, 5.41) is 0. The maximum atomic E-state index is 11.8. The summed E-state index contributed by atoms with van der Waals surface area (Å²) in [7, 11) is 0. The Bertz CT molecular complexity index is 758. The van der Waals surface area contributed by atoms with E-state index >= 15 is 0 Å². The molecule has 1 aromatic carbocycles. The van der Waals surface area contributed by atoms with Gasteiger partial charge in [0.15, 0.2) is 5.82 Å². The molecule has 8 nitrogen and oxygen atoms in total. The van der Waals surface area contributed by atoms with Gasteiger partial charge in [-0.3, -0.25) is 0 Å². The predicted molar refractivity (Wildman–Crippen MR) is 98.5 cm³/mol. The molecule has 26 heavy (non-hydrogen) atoms. The molecular formula is C18H23N5O3. The van der Waals surface area contributed by atoms with Gasteiger partial charge in [-0.2, -0.15) is 4.98 Å². The minimum absolute atomic E-state index is 0.286. The Morgan fingerprint density at radius 2 is 1.85 bits per heavy atom. The third kappa shape index (κ3) is 3.96.